The number of nitrogens with zero attached hydrogens (tertiary/aromatic N) is 1. The third-order valence-corrected chi connectivity index (χ3v) is 3.42. The van der Waals surface area contributed by atoms with Gasteiger partial charge in [0, 0.05) is 5.39 Å². The van der Waals surface area contributed by atoms with Crippen LogP contribution in [-0.4, -0.2) is 27.7 Å². The number of fused-ring (bicyclic) bond motifs is 1. The van der Waals surface area contributed by atoms with Crippen LogP contribution in [0.25, 0.3) is 11.0 Å². The van der Waals surface area contributed by atoms with E-state index in [1.807, 2.05) is 25.1 Å². The predicted octanol–water partition coefficient (Wildman–Crippen LogP) is 2.13. The van der Waals surface area contributed by atoms with Crippen molar-refractivity contribution in [2.24, 2.45) is 0 Å². The molecule has 0 bridgehead atoms. The molecule has 1 aromatic heterocycles. The Balaban J connectivity index is 2.12. The molecule has 112 valence electrons. The molecule has 0 aliphatic heterocycles. The summed E-state index contributed by atoms with van der Waals surface area (Å²) in [6, 6.07) is 7.23. The number of amides is 1. The normalized spacial score (nSPS) is 13.8. The van der Waals surface area contributed by atoms with Crippen molar-refractivity contribution in [3.8, 4) is 0 Å². The first-order valence-corrected chi connectivity index (χ1v) is 6.84. The van der Waals surface area contributed by atoms with Crippen LogP contribution in [0.15, 0.2) is 28.8 Å². The van der Waals surface area contributed by atoms with Gasteiger partial charge >= 0.3 is 5.97 Å². The topological polar surface area (TPSA) is 92.4 Å². The molecule has 6 nitrogen and oxygen atoms in total. The highest BCUT2D eigenvalue weighted by Crippen LogP contribution is 2.19. The van der Waals surface area contributed by atoms with Crippen LogP contribution in [0.2, 0.25) is 0 Å². The van der Waals surface area contributed by atoms with Gasteiger partial charge in [-0.15, -0.1) is 0 Å². The van der Waals surface area contributed by atoms with Gasteiger partial charge in [0.1, 0.15) is 11.2 Å². The second kappa shape index (κ2) is 5.95. The van der Waals surface area contributed by atoms with Crippen molar-refractivity contribution >= 4 is 22.8 Å². The van der Waals surface area contributed by atoms with Crippen LogP contribution in [0.4, 0.5) is 0 Å². The zero-order chi connectivity index (χ0) is 15.5. The van der Waals surface area contributed by atoms with Crippen molar-refractivity contribution in [2.45, 2.75) is 38.6 Å². The van der Waals surface area contributed by atoms with Gasteiger partial charge in [-0.05, 0) is 25.5 Å². The Morgan fingerprint density at radius 3 is 2.76 bits per heavy atom. The number of carbonyl (C=O) groups excluding carboxylic acids is 1. The standard InChI is InChI=1S/C15H18N2O4/c1-3-8-15(2,14(19)20)16-13(18)9-11-10-6-4-5-7-12(10)21-17-11/h4-7H,3,8-9H2,1-2H3,(H,16,18)(H,19,20). The van der Waals surface area contributed by atoms with Crippen molar-refractivity contribution in [1.29, 1.82) is 0 Å². The fourth-order valence-corrected chi connectivity index (χ4v) is 2.29. The van der Waals surface area contributed by atoms with Crippen molar-refractivity contribution in [2.75, 3.05) is 0 Å². The van der Waals surface area contributed by atoms with E-state index in [-0.39, 0.29) is 12.3 Å². The minimum absolute atomic E-state index is 0.0103. The van der Waals surface area contributed by atoms with E-state index in [0.717, 1.165) is 5.39 Å². The number of nitrogens with one attached hydrogen (secondary N) is 1. The third kappa shape index (κ3) is 3.21. The molecular formula is C15H18N2O4. The lowest BCUT2D eigenvalue weighted by molar-refractivity contribution is -0.147. The predicted molar refractivity (Wildman–Crippen MR) is 76.8 cm³/mol. The highest BCUT2D eigenvalue weighted by atomic mass is 16.5. The van der Waals surface area contributed by atoms with Gasteiger partial charge in [0.2, 0.25) is 5.91 Å². The Hall–Kier alpha value is -2.37. The maximum Gasteiger partial charge on any atom is 0.329 e. The number of hydrogen-bond acceptors (Lipinski definition) is 4. The maximum absolute atomic E-state index is 12.1. The van der Waals surface area contributed by atoms with E-state index in [4.69, 9.17) is 4.52 Å². The Bertz CT molecular complexity index is 664. The summed E-state index contributed by atoms with van der Waals surface area (Å²) in [5, 5.41) is 16.5. The number of aliphatic carboxylic acids is 1. The molecule has 21 heavy (non-hydrogen) atoms. The van der Waals surface area contributed by atoms with E-state index in [1.165, 1.54) is 6.92 Å². The highest BCUT2D eigenvalue weighted by molar-refractivity contribution is 5.90. The second-order valence-corrected chi connectivity index (χ2v) is 5.24. The fraction of sp³-hybridized carbons (Fsp3) is 0.400. The molecule has 0 spiro atoms. The molecule has 1 unspecified atom stereocenters. The van der Waals surface area contributed by atoms with E-state index in [9.17, 15) is 14.7 Å². The first-order chi connectivity index (χ1) is 9.96. The van der Waals surface area contributed by atoms with E-state index in [2.05, 4.69) is 10.5 Å². The van der Waals surface area contributed by atoms with Gasteiger partial charge in [0.25, 0.3) is 0 Å². The third-order valence-electron chi connectivity index (χ3n) is 3.42. The summed E-state index contributed by atoms with van der Waals surface area (Å²) in [5.74, 6) is -1.42. The molecule has 1 heterocycles. The number of para-hydroxylation sites is 1. The number of carbonyl (C=O) groups is 2. The Morgan fingerprint density at radius 1 is 1.38 bits per heavy atom. The van der Waals surface area contributed by atoms with Gasteiger partial charge in [-0.1, -0.05) is 30.6 Å². The Morgan fingerprint density at radius 2 is 2.10 bits per heavy atom. The first kappa shape index (κ1) is 15.0. The monoisotopic (exact) mass is 290 g/mol. The van der Waals surface area contributed by atoms with Gasteiger partial charge in [-0.3, -0.25) is 4.79 Å². The summed E-state index contributed by atoms with van der Waals surface area (Å²) in [7, 11) is 0. The average molecular weight is 290 g/mol. The van der Waals surface area contributed by atoms with Crippen molar-refractivity contribution in [3.05, 3.63) is 30.0 Å². The minimum Gasteiger partial charge on any atom is -0.480 e. The van der Waals surface area contributed by atoms with Crippen molar-refractivity contribution in [3.63, 3.8) is 0 Å². The van der Waals surface area contributed by atoms with Gasteiger partial charge < -0.3 is 14.9 Å². The largest absolute Gasteiger partial charge is 0.480 e. The molecule has 0 radical (unpaired) electrons. The quantitative estimate of drug-likeness (QED) is 0.850. The van der Waals surface area contributed by atoms with Crippen LogP contribution >= 0.6 is 0 Å². The summed E-state index contributed by atoms with van der Waals surface area (Å²) >= 11 is 0. The molecular weight excluding hydrogens is 272 g/mol. The van der Waals surface area contributed by atoms with Crippen LogP contribution in [0.1, 0.15) is 32.4 Å². The van der Waals surface area contributed by atoms with Crippen molar-refractivity contribution in [1.82, 2.24) is 10.5 Å². The molecule has 0 fully saturated rings. The van der Waals surface area contributed by atoms with E-state index < -0.39 is 11.5 Å². The summed E-state index contributed by atoms with van der Waals surface area (Å²) in [5.41, 5.74) is -0.145. The van der Waals surface area contributed by atoms with Crippen LogP contribution in [-0.2, 0) is 16.0 Å². The summed E-state index contributed by atoms with van der Waals surface area (Å²) in [6.07, 6.45) is 1.02. The number of rotatable bonds is 6. The zero-order valence-electron chi connectivity index (χ0n) is 12.0. The molecule has 0 aliphatic carbocycles. The number of benzene rings is 1. The van der Waals surface area contributed by atoms with E-state index in [1.54, 1.807) is 6.07 Å². The highest BCUT2D eigenvalue weighted by Gasteiger charge is 2.33. The second-order valence-electron chi connectivity index (χ2n) is 5.24. The summed E-state index contributed by atoms with van der Waals surface area (Å²) in [4.78, 5) is 23.4. The Labute approximate surface area is 122 Å². The van der Waals surface area contributed by atoms with Crippen LogP contribution in [0.5, 0.6) is 0 Å². The van der Waals surface area contributed by atoms with Crippen LogP contribution in [0, 0.1) is 0 Å². The lowest BCUT2D eigenvalue weighted by atomic mass is 9.96. The van der Waals surface area contributed by atoms with Gasteiger partial charge in [0.05, 0.1) is 6.42 Å². The molecule has 1 amide bonds. The number of hydrogen-bond donors (Lipinski definition) is 2. The smallest absolute Gasteiger partial charge is 0.329 e. The van der Waals surface area contributed by atoms with Crippen LogP contribution < -0.4 is 5.32 Å². The minimum atomic E-state index is -1.26. The molecule has 2 aromatic rings. The SMILES string of the molecule is CCCC(C)(NC(=O)Cc1noc2ccccc12)C(=O)O. The number of carboxylic acid groups (broad SMARTS) is 1. The van der Waals surface area contributed by atoms with Gasteiger partial charge in [-0.25, -0.2) is 4.79 Å². The van der Waals surface area contributed by atoms with Gasteiger partial charge in [0.15, 0.2) is 5.58 Å². The molecule has 0 aliphatic rings. The first-order valence-electron chi connectivity index (χ1n) is 6.84. The number of aromatic nitrogens is 1. The molecule has 1 atom stereocenters. The fourth-order valence-electron chi connectivity index (χ4n) is 2.29. The maximum atomic E-state index is 12.1. The molecule has 6 heteroatoms. The summed E-state index contributed by atoms with van der Waals surface area (Å²) < 4.78 is 5.13. The molecule has 0 saturated carbocycles. The average Bonchev–Trinajstić information content (AvgIpc) is 2.82. The molecule has 2 N–H and O–H groups in total. The van der Waals surface area contributed by atoms with Crippen LogP contribution in [0.3, 0.4) is 0 Å². The lowest BCUT2D eigenvalue weighted by Gasteiger charge is -2.25. The lowest BCUT2D eigenvalue weighted by Crippen LogP contribution is -2.52. The molecule has 1 aromatic carbocycles. The van der Waals surface area contributed by atoms with Crippen molar-refractivity contribution < 1.29 is 19.2 Å². The number of carboxylic acids is 1. The van der Waals surface area contributed by atoms with Gasteiger partial charge in [-0.2, -0.15) is 0 Å². The molecule has 2 rings (SSSR count). The zero-order valence-corrected chi connectivity index (χ0v) is 12.0. The van der Waals surface area contributed by atoms with E-state index in [0.29, 0.717) is 24.1 Å². The molecule has 0 saturated heterocycles. The Kier molecular flexibility index (Phi) is 4.26. The summed E-state index contributed by atoms with van der Waals surface area (Å²) in [6.45, 7) is 3.39. The van der Waals surface area contributed by atoms with E-state index >= 15 is 0 Å².